The van der Waals surface area contributed by atoms with Crippen molar-refractivity contribution in [1.82, 2.24) is 15.1 Å². The largest absolute Gasteiger partial charge is 0.314 e. The molecule has 3 nitrogen and oxygen atoms in total. The minimum absolute atomic E-state index is 0.418. The van der Waals surface area contributed by atoms with Crippen LogP contribution in [0.1, 0.15) is 33.1 Å². The maximum Gasteiger partial charge on any atom is 0.0108 e. The Kier molecular flexibility index (Phi) is 4.45. The van der Waals surface area contributed by atoms with E-state index in [4.69, 9.17) is 0 Å². The van der Waals surface area contributed by atoms with Crippen molar-refractivity contribution in [2.75, 3.05) is 46.3 Å². The molecule has 17 heavy (non-hydrogen) atoms. The van der Waals surface area contributed by atoms with Gasteiger partial charge in [-0.2, -0.15) is 0 Å². The molecule has 1 heterocycles. The lowest BCUT2D eigenvalue weighted by atomic mass is 9.87. The molecule has 0 amide bonds. The van der Waals surface area contributed by atoms with E-state index in [2.05, 4.69) is 36.0 Å². The van der Waals surface area contributed by atoms with Crippen LogP contribution in [-0.4, -0.2) is 62.2 Å². The zero-order valence-corrected chi connectivity index (χ0v) is 11.8. The third-order valence-corrected chi connectivity index (χ3v) is 4.24. The quantitative estimate of drug-likeness (QED) is 0.782. The Hall–Kier alpha value is -0.120. The second kappa shape index (κ2) is 5.68. The van der Waals surface area contributed by atoms with Gasteiger partial charge in [-0.15, -0.1) is 0 Å². The Bertz CT molecular complexity index is 224. The van der Waals surface area contributed by atoms with Crippen molar-refractivity contribution in [2.24, 2.45) is 5.41 Å². The van der Waals surface area contributed by atoms with Crippen molar-refractivity contribution >= 4 is 0 Å². The highest BCUT2D eigenvalue weighted by Crippen LogP contribution is 2.27. The molecule has 0 spiro atoms. The Balaban J connectivity index is 1.75. The molecular weight excluding hydrogens is 210 g/mol. The molecule has 1 aliphatic heterocycles. The van der Waals surface area contributed by atoms with E-state index in [0.29, 0.717) is 5.41 Å². The standard InChI is InChI=1S/C14H29N3/c1-14(2,11-16(3)13-5-4-6-13)12-17-9-7-15-8-10-17/h13,15H,4-12H2,1-3H3. The van der Waals surface area contributed by atoms with E-state index in [1.54, 1.807) is 0 Å². The first-order valence-corrected chi connectivity index (χ1v) is 7.20. The summed E-state index contributed by atoms with van der Waals surface area (Å²) in [6.07, 6.45) is 4.27. The molecule has 1 saturated heterocycles. The molecule has 3 heteroatoms. The van der Waals surface area contributed by atoms with Gasteiger partial charge in [0.05, 0.1) is 0 Å². The molecular formula is C14H29N3. The molecule has 2 fully saturated rings. The van der Waals surface area contributed by atoms with Gasteiger partial charge in [0.2, 0.25) is 0 Å². The molecule has 0 radical (unpaired) electrons. The lowest BCUT2D eigenvalue weighted by Crippen LogP contribution is -2.50. The minimum atomic E-state index is 0.418. The van der Waals surface area contributed by atoms with Gasteiger partial charge in [0.1, 0.15) is 0 Å². The Morgan fingerprint density at radius 1 is 1.24 bits per heavy atom. The fourth-order valence-corrected chi connectivity index (χ4v) is 3.16. The third-order valence-electron chi connectivity index (χ3n) is 4.24. The van der Waals surface area contributed by atoms with Crippen LogP contribution in [-0.2, 0) is 0 Å². The van der Waals surface area contributed by atoms with Gasteiger partial charge in [-0.1, -0.05) is 20.3 Å². The van der Waals surface area contributed by atoms with Crippen LogP contribution >= 0.6 is 0 Å². The average molecular weight is 239 g/mol. The van der Waals surface area contributed by atoms with Gasteiger partial charge in [0.15, 0.2) is 0 Å². The molecule has 0 atom stereocenters. The van der Waals surface area contributed by atoms with E-state index in [-0.39, 0.29) is 0 Å². The van der Waals surface area contributed by atoms with Crippen molar-refractivity contribution in [2.45, 2.75) is 39.2 Å². The summed E-state index contributed by atoms with van der Waals surface area (Å²) < 4.78 is 0. The summed E-state index contributed by atoms with van der Waals surface area (Å²) in [6.45, 7) is 12.1. The summed E-state index contributed by atoms with van der Waals surface area (Å²) in [7, 11) is 2.31. The summed E-state index contributed by atoms with van der Waals surface area (Å²) in [5.41, 5.74) is 0.418. The summed E-state index contributed by atoms with van der Waals surface area (Å²) >= 11 is 0. The lowest BCUT2D eigenvalue weighted by molar-refractivity contribution is 0.0785. The molecule has 2 aliphatic rings. The molecule has 1 saturated carbocycles. The third kappa shape index (κ3) is 3.94. The maximum atomic E-state index is 3.43. The molecule has 0 unspecified atom stereocenters. The molecule has 0 aromatic carbocycles. The van der Waals surface area contributed by atoms with E-state index < -0.39 is 0 Å². The summed E-state index contributed by atoms with van der Waals surface area (Å²) in [6, 6.07) is 0.872. The fourth-order valence-electron chi connectivity index (χ4n) is 3.16. The number of nitrogens with one attached hydrogen (secondary N) is 1. The first-order valence-electron chi connectivity index (χ1n) is 7.20. The summed E-state index contributed by atoms with van der Waals surface area (Å²) in [5.74, 6) is 0. The number of piperazine rings is 1. The molecule has 0 aromatic rings. The Morgan fingerprint density at radius 2 is 1.88 bits per heavy atom. The van der Waals surface area contributed by atoms with Gasteiger partial charge < -0.3 is 15.1 Å². The summed E-state index contributed by atoms with van der Waals surface area (Å²) in [4.78, 5) is 5.21. The summed E-state index contributed by atoms with van der Waals surface area (Å²) in [5, 5.41) is 3.43. The van der Waals surface area contributed by atoms with E-state index >= 15 is 0 Å². The van der Waals surface area contributed by atoms with Gasteiger partial charge in [-0.25, -0.2) is 0 Å². The highest BCUT2D eigenvalue weighted by atomic mass is 15.2. The smallest absolute Gasteiger partial charge is 0.0108 e. The minimum Gasteiger partial charge on any atom is -0.314 e. The number of nitrogens with zero attached hydrogens (tertiary/aromatic N) is 2. The zero-order chi connectivity index (χ0) is 12.3. The van der Waals surface area contributed by atoms with Crippen LogP contribution in [0.3, 0.4) is 0 Å². The van der Waals surface area contributed by atoms with Gasteiger partial charge >= 0.3 is 0 Å². The maximum absolute atomic E-state index is 3.43. The van der Waals surface area contributed by atoms with Crippen LogP contribution in [0.4, 0.5) is 0 Å². The van der Waals surface area contributed by atoms with Crippen LogP contribution in [0.25, 0.3) is 0 Å². The number of rotatable bonds is 5. The second-order valence-electron chi connectivity index (χ2n) is 6.69. The number of hydrogen-bond donors (Lipinski definition) is 1. The van der Waals surface area contributed by atoms with Crippen LogP contribution in [0.5, 0.6) is 0 Å². The van der Waals surface area contributed by atoms with Gasteiger partial charge in [-0.3, -0.25) is 0 Å². The van der Waals surface area contributed by atoms with Crippen molar-refractivity contribution in [3.63, 3.8) is 0 Å². The van der Waals surface area contributed by atoms with Gasteiger partial charge in [0, 0.05) is 45.3 Å². The first kappa shape index (κ1) is 13.3. The van der Waals surface area contributed by atoms with Crippen LogP contribution in [0.15, 0.2) is 0 Å². The highest BCUT2D eigenvalue weighted by Gasteiger charge is 2.29. The first-order chi connectivity index (χ1) is 8.07. The SMILES string of the molecule is CN(CC(C)(C)CN1CCNCC1)C1CCC1. The molecule has 1 aliphatic carbocycles. The molecule has 1 N–H and O–H groups in total. The predicted molar refractivity (Wildman–Crippen MR) is 73.4 cm³/mol. The van der Waals surface area contributed by atoms with Gasteiger partial charge in [0.25, 0.3) is 0 Å². The van der Waals surface area contributed by atoms with Crippen molar-refractivity contribution in [1.29, 1.82) is 0 Å². The van der Waals surface area contributed by atoms with Crippen LogP contribution < -0.4 is 5.32 Å². The van der Waals surface area contributed by atoms with Crippen molar-refractivity contribution in [3.05, 3.63) is 0 Å². The van der Waals surface area contributed by atoms with Crippen molar-refractivity contribution < 1.29 is 0 Å². The lowest BCUT2D eigenvalue weighted by Gasteiger charge is -2.42. The van der Waals surface area contributed by atoms with E-state index in [0.717, 1.165) is 19.1 Å². The molecule has 0 bridgehead atoms. The normalized spacial score (nSPS) is 24.0. The molecule has 100 valence electrons. The Labute approximate surface area is 107 Å². The van der Waals surface area contributed by atoms with Crippen LogP contribution in [0.2, 0.25) is 0 Å². The Morgan fingerprint density at radius 3 is 2.41 bits per heavy atom. The van der Waals surface area contributed by atoms with E-state index in [9.17, 15) is 0 Å². The highest BCUT2D eigenvalue weighted by molar-refractivity contribution is 4.84. The van der Waals surface area contributed by atoms with Crippen LogP contribution in [0, 0.1) is 5.41 Å². The zero-order valence-electron chi connectivity index (χ0n) is 11.8. The monoisotopic (exact) mass is 239 g/mol. The fraction of sp³-hybridized carbons (Fsp3) is 1.00. The predicted octanol–water partition coefficient (Wildman–Crippen LogP) is 1.40. The molecule has 2 rings (SSSR count). The average Bonchev–Trinajstić information content (AvgIpc) is 2.13. The number of hydrogen-bond acceptors (Lipinski definition) is 3. The second-order valence-corrected chi connectivity index (χ2v) is 6.69. The topological polar surface area (TPSA) is 18.5 Å². The van der Waals surface area contributed by atoms with Crippen molar-refractivity contribution in [3.8, 4) is 0 Å². The van der Waals surface area contributed by atoms with E-state index in [1.165, 1.54) is 45.4 Å². The van der Waals surface area contributed by atoms with Gasteiger partial charge in [-0.05, 0) is 25.3 Å². The van der Waals surface area contributed by atoms with E-state index in [1.807, 2.05) is 0 Å². The molecule has 0 aromatic heterocycles.